The van der Waals surface area contributed by atoms with Gasteiger partial charge in [0.1, 0.15) is 11.3 Å². The second-order valence-electron chi connectivity index (χ2n) is 5.36. The molecule has 2 rings (SSSR count). The fraction of sp³-hybridized carbons (Fsp3) is 0.429. The molecule has 1 amide bonds. The Morgan fingerprint density at radius 1 is 1.18 bits per heavy atom. The van der Waals surface area contributed by atoms with Crippen molar-refractivity contribution >= 4 is 33.3 Å². The molecule has 1 aliphatic rings. The number of carbonyl (C=O) groups is 2. The predicted molar refractivity (Wildman–Crippen MR) is 80.5 cm³/mol. The molecule has 0 saturated heterocycles. The molecule has 0 atom stereocenters. The lowest BCUT2D eigenvalue weighted by Gasteiger charge is -2.25. The van der Waals surface area contributed by atoms with E-state index < -0.39 is 33.0 Å². The van der Waals surface area contributed by atoms with Gasteiger partial charge in [-0.3, -0.25) is 4.79 Å². The first-order valence-corrected chi connectivity index (χ1v) is 8.81. The minimum atomic E-state index is -3.83. The van der Waals surface area contributed by atoms with Crippen LogP contribution in [0.5, 0.6) is 0 Å². The summed E-state index contributed by atoms with van der Waals surface area (Å²) in [6.07, 6.45) is 2.01. The van der Waals surface area contributed by atoms with E-state index in [9.17, 15) is 23.1 Å². The lowest BCUT2D eigenvalue weighted by molar-refractivity contribution is -0.147. The second kappa shape index (κ2) is 6.26. The third-order valence-corrected chi connectivity index (χ3v) is 5.62. The minimum Gasteiger partial charge on any atom is -0.480 e. The Labute approximate surface area is 133 Å². The number of benzene rings is 1. The van der Waals surface area contributed by atoms with E-state index in [-0.39, 0.29) is 4.90 Å². The fourth-order valence-corrected chi connectivity index (χ4v) is 3.83. The smallest absolute Gasteiger partial charge is 0.329 e. The summed E-state index contributed by atoms with van der Waals surface area (Å²) < 4.78 is 24.3. The zero-order valence-corrected chi connectivity index (χ0v) is 13.3. The normalized spacial score (nSPS) is 17.1. The quantitative estimate of drug-likeness (QED) is 0.844. The molecule has 1 aromatic rings. The van der Waals surface area contributed by atoms with E-state index in [0.29, 0.717) is 30.7 Å². The maximum absolute atomic E-state index is 12.2. The summed E-state index contributed by atoms with van der Waals surface area (Å²) in [6, 6.07) is 5.46. The molecule has 0 unspecified atom stereocenters. The van der Waals surface area contributed by atoms with Crippen LogP contribution in [0.15, 0.2) is 29.2 Å². The first kappa shape index (κ1) is 16.8. The fourth-order valence-electron chi connectivity index (χ4n) is 2.57. The molecular formula is C14H16ClNO5S. The molecule has 1 fully saturated rings. The van der Waals surface area contributed by atoms with Crippen LogP contribution in [0.2, 0.25) is 5.02 Å². The molecule has 0 radical (unpaired) electrons. The van der Waals surface area contributed by atoms with Gasteiger partial charge in [-0.1, -0.05) is 24.4 Å². The number of carboxylic acids is 1. The molecule has 0 aromatic heterocycles. The average Bonchev–Trinajstić information content (AvgIpc) is 2.88. The van der Waals surface area contributed by atoms with Crippen molar-refractivity contribution in [1.82, 2.24) is 5.32 Å². The predicted octanol–water partition coefficient (Wildman–Crippen LogP) is 1.63. The van der Waals surface area contributed by atoms with Gasteiger partial charge < -0.3 is 10.4 Å². The Kier molecular flexibility index (Phi) is 4.77. The summed E-state index contributed by atoms with van der Waals surface area (Å²) in [6.45, 7) is 0. The number of aliphatic carboxylic acids is 1. The molecule has 0 aliphatic heterocycles. The molecule has 0 heterocycles. The van der Waals surface area contributed by atoms with Crippen molar-refractivity contribution in [2.75, 3.05) is 5.75 Å². The highest BCUT2D eigenvalue weighted by Gasteiger charge is 2.43. The van der Waals surface area contributed by atoms with Crippen molar-refractivity contribution in [2.45, 2.75) is 36.1 Å². The zero-order chi connectivity index (χ0) is 16.4. The molecule has 1 saturated carbocycles. The van der Waals surface area contributed by atoms with Crippen molar-refractivity contribution in [3.8, 4) is 0 Å². The number of hydrogen-bond donors (Lipinski definition) is 2. The lowest BCUT2D eigenvalue weighted by atomic mass is 9.98. The Bertz CT molecular complexity index is 678. The van der Waals surface area contributed by atoms with E-state index in [1.807, 2.05) is 0 Å². The van der Waals surface area contributed by atoms with E-state index in [1.165, 1.54) is 24.3 Å². The second-order valence-corrected chi connectivity index (χ2v) is 7.78. The Morgan fingerprint density at radius 3 is 2.23 bits per heavy atom. The van der Waals surface area contributed by atoms with Crippen LogP contribution in [-0.4, -0.2) is 36.7 Å². The van der Waals surface area contributed by atoms with Crippen molar-refractivity contribution in [3.05, 3.63) is 29.3 Å². The average molecular weight is 346 g/mol. The van der Waals surface area contributed by atoms with Crippen LogP contribution in [-0.2, 0) is 19.4 Å². The van der Waals surface area contributed by atoms with Crippen LogP contribution in [0.4, 0.5) is 0 Å². The zero-order valence-electron chi connectivity index (χ0n) is 11.7. The largest absolute Gasteiger partial charge is 0.480 e. The van der Waals surface area contributed by atoms with E-state index in [0.717, 1.165) is 0 Å². The van der Waals surface area contributed by atoms with Gasteiger partial charge in [0, 0.05) is 5.02 Å². The van der Waals surface area contributed by atoms with E-state index >= 15 is 0 Å². The minimum absolute atomic E-state index is 0.0251. The summed E-state index contributed by atoms with van der Waals surface area (Å²) in [5.74, 6) is -2.72. The van der Waals surface area contributed by atoms with Gasteiger partial charge in [-0.2, -0.15) is 0 Å². The molecule has 6 nitrogen and oxygen atoms in total. The van der Waals surface area contributed by atoms with Gasteiger partial charge in [0.25, 0.3) is 0 Å². The van der Waals surface area contributed by atoms with Crippen LogP contribution in [0.1, 0.15) is 25.7 Å². The molecule has 1 aliphatic carbocycles. The van der Waals surface area contributed by atoms with Crippen molar-refractivity contribution in [2.24, 2.45) is 0 Å². The summed E-state index contributed by atoms with van der Waals surface area (Å²) in [4.78, 5) is 23.3. The first-order valence-electron chi connectivity index (χ1n) is 6.78. The monoisotopic (exact) mass is 345 g/mol. The maximum atomic E-state index is 12.2. The topological polar surface area (TPSA) is 101 Å². The number of carboxylic acid groups (broad SMARTS) is 1. The van der Waals surface area contributed by atoms with Gasteiger partial charge in [0.05, 0.1) is 4.90 Å². The van der Waals surface area contributed by atoms with Crippen molar-refractivity contribution in [3.63, 3.8) is 0 Å². The Hall–Kier alpha value is -1.60. The van der Waals surface area contributed by atoms with E-state index in [2.05, 4.69) is 5.32 Å². The van der Waals surface area contributed by atoms with Gasteiger partial charge >= 0.3 is 5.97 Å². The molecule has 1 aromatic carbocycles. The molecule has 22 heavy (non-hydrogen) atoms. The third-order valence-electron chi connectivity index (χ3n) is 3.74. The number of rotatable bonds is 5. The molecule has 120 valence electrons. The maximum Gasteiger partial charge on any atom is 0.329 e. The lowest BCUT2D eigenvalue weighted by Crippen LogP contribution is -2.53. The van der Waals surface area contributed by atoms with Crippen LogP contribution in [0.25, 0.3) is 0 Å². The number of carbonyl (C=O) groups excluding carboxylic acids is 1. The summed E-state index contributed by atoms with van der Waals surface area (Å²) in [5.41, 5.74) is -1.34. The number of hydrogen-bond acceptors (Lipinski definition) is 4. The standard InChI is InChI=1S/C14H16ClNO5S/c15-10-3-5-11(6-4-10)22(20,21)9-12(17)16-14(13(18)19)7-1-2-8-14/h3-6H,1-2,7-9H2,(H,16,17)(H,18,19). The van der Waals surface area contributed by atoms with Crippen LogP contribution < -0.4 is 5.32 Å². The number of amides is 1. The Balaban J connectivity index is 2.11. The first-order chi connectivity index (χ1) is 10.3. The molecular weight excluding hydrogens is 330 g/mol. The molecule has 0 bridgehead atoms. The van der Waals surface area contributed by atoms with E-state index in [4.69, 9.17) is 11.6 Å². The summed E-state index contributed by atoms with van der Waals surface area (Å²) in [7, 11) is -3.83. The highest BCUT2D eigenvalue weighted by Crippen LogP contribution is 2.30. The number of nitrogens with one attached hydrogen (secondary N) is 1. The van der Waals surface area contributed by atoms with Gasteiger partial charge in [-0.15, -0.1) is 0 Å². The van der Waals surface area contributed by atoms with Gasteiger partial charge in [-0.05, 0) is 37.1 Å². The highest BCUT2D eigenvalue weighted by atomic mass is 35.5. The van der Waals surface area contributed by atoms with Crippen LogP contribution in [0.3, 0.4) is 0 Å². The summed E-state index contributed by atoms with van der Waals surface area (Å²) in [5, 5.41) is 12.1. The number of sulfone groups is 1. The van der Waals surface area contributed by atoms with Crippen molar-refractivity contribution < 1.29 is 23.1 Å². The summed E-state index contributed by atoms with van der Waals surface area (Å²) >= 11 is 5.69. The van der Waals surface area contributed by atoms with Gasteiger partial charge in [0.15, 0.2) is 9.84 Å². The van der Waals surface area contributed by atoms with Gasteiger partial charge in [0.2, 0.25) is 5.91 Å². The SMILES string of the molecule is O=C(CS(=O)(=O)c1ccc(Cl)cc1)NC1(C(=O)O)CCCC1. The van der Waals surface area contributed by atoms with Crippen molar-refractivity contribution in [1.29, 1.82) is 0 Å². The Morgan fingerprint density at radius 2 is 1.73 bits per heavy atom. The van der Waals surface area contributed by atoms with Crippen LogP contribution >= 0.6 is 11.6 Å². The highest BCUT2D eigenvalue weighted by molar-refractivity contribution is 7.92. The number of halogens is 1. The molecule has 8 heteroatoms. The molecule has 0 spiro atoms. The molecule has 2 N–H and O–H groups in total. The van der Waals surface area contributed by atoms with E-state index in [1.54, 1.807) is 0 Å². The van der Waals surface area contributed by atoms with Crippen LogP contribution in [0, 0.1) is 0 Å². The van der Waals surface area contributed by atoms with Gasteiger partial charge in [-0.25, -0.2) is 13.2 Å². The third kappa shape index (κ3) is 3.59.